The Labute approximate surface area is 135 Å². The van der Waals surface area contributed by atoms with Crippen LogP contribution in [-0.2, 0) is 4.79 Å². The van der Waals surface area contributed by atoms with Crippen molar-refractivity contribution < 1.29 is 25.2 Å². The Hall–Kier alpha value is -0.340. The van der Waals surface area contributed by atoms with Crippen LogP contribution in [0.25, 0.3) is 0 Å². The quantitative estimate of drug-likeness (QED) is 0.467. The highest BCUT2D eigenvalue weighted by atomic mass is 32.2. The van der Waals surface area contributed by atoms with Gasteiger partial charge in [-0.15, -0.1) is 11.8 Å². The Morgan fingerprint density at radius 2 is 1.82 bits per heavy atom. The van der Waals surface area contributed by atoms with Crippen molar-refractivity contribution in [2.24, 2.45) is 5.92 Å². The number of aliphatic hydroxyl groups is 3. The van der Waals surface area contributed by atoms with Gasteiger partial charge in [-0.3, -0.25) is 4.79 Å². The van der Waals surface area contributed by atoms with Gasteiger partial charge < -0.3 is 25.7 Å². The van der Waals surface area contributed by atoms with Gasteiger partial charge in [-0.1, -0.05) is 19.8 Å². The van der Waals surface area contributed by atoms with Crippen LogP contribution in [0.2, 0.25) is 0 Å². The highest BCUT2D eigenvalue weighted by molar-refractivity contribution is 8.00. The SMILES string of the molecule is C[C@@H]1S[C@H](C2CCCCC(NCC(=O)O)C2)[C@@H](O)[C@H](O)[C@@H]1O. The van der Waals surface area contributed by atoms with Gasteiger partial charge >= 0.3 is 5.97 Å². The molecule has 0 amide bonds. The topological polar surface area (TPSA) is 110 Å². The molecule has 1 heterocycles. The first-order valence-electron chi connectivity index (χ1n) is 8.05. The van der Waals surface area contributed by atoms with E-state index in [0.717, 1.165) is 32.1 Å². The van der Waals surface area contributed by atoms with E-state index in [2.05, 4.69) is 5.32 Å². The van der Waals surface area contributed by atoms with E-state index in [1.54, 1.807) is 11.8 Å². The minimum Gasteiger partial charge on any atom is -0.480 e. The average Bonchev–Trinajstić information content (AvgIpc) is 2.72. The number of carbonyl (C=O) groups is 1. The number of aliphatic hydroxyl groups excluding tert-OH is 3. The molecule has 0 aromatic carbocycles. The number of aliphatic carboxylic acids is 1. The van der Waals surface area contributed by atoms with Gasteiger partial charge in [-0.2, -0.15) is 0 Å². The molecule has 0 spiro atoms. The van der Waals surface area contributed by atoms with Gasteiger partial charge in [0, 0.05) is 16.5 Å². The monoisotopic (exact) mass is 333 g/mol. The molecular formula is C15H27NO5S. The van der Waals surface area contributed by atoms with Crippen LogP contribution in [0.5, 0.6) is 0 Å². The van der Waals surface area contributed by atoms with Gasteiger partial charge in [0.2, 0.25) is 0 Å². The lowest BCUT2D eigenvalue weighted by molar-refractivity contribution is -0.136. The summed E-state index contributed by atoms with van der Waals surface area (Å²) in [6.45, 7) is 1.82. The van der Waals surface area contributed by atoms with Crippen LogP contribution in [0.1, 0.15) is 39.0 Å². The standard InChI is InChI=1S/C15H27NO5S/c1-8-12(19)13(20)14(21)15(22-8)9-4-2-3-5-10(6-9)16-7-11(17)18/h8-10,12-16,19-21H,2-7H2,1H3,(H,17,18)/t8-,9?,10?,12+,13+,14-,15+/m0/s1. The van der Waals surface area contributed by atoms with Crippen molar-refractivity contribution in [3.63, 3.8) is 0 Å². The second-order valence-corrected chi connectivity index (χ2v) is 8.09. The first-order chi connectivity index (χ1) is 10.4. The van der Waals surface area contributed by atoms with Gasteiger partial charge in [0.05, 0.1) is 18.8 Å². The Kier molecular flexibility index (Phi) is 6.52. The first-order valence-corrected chi connectivity index (χ1v) is 8.99. The maximum Gasteiger partial charge on any atom is 0.317 e. The highest BCUT2D eigenvalue weighted by Gasteiger charge is 2.44. The molecule has 2 rings (SSSR count). The molecule has 1 aliphatic heterocycles. The van der Waals surface area contributed by atoms with E-state index in [-0.39, 0.29) is 29.0 Å². The summed E-state index contributed by atoms with van der Waals surface area (Å²) in [6, 6.07) is 0.135. The molecule has 5 N–H and O–H groups in total. The predicted octanol–water partition coefficient (Wildman–Crippen LogP) is 0.196. The second-order valence-electron chi connectivity index (χ2n) is 6.53. The van der Waals surface area contributed by atoms with Crippen molar-refractivity contribution >= 4 is 17.7 Å². The summed E-state index contributed by atoms with van der Waals surface area (Å²) in [5.41, 5.74) is 0. The van der Waals surface area contributed by atoms with E-state index in [9.17, 15) is 20.1 Å². The number of hydrogen-bond acceptors (Lipinski definition) is 6. The lowest BCUT2D eigenvalue weighted by atomic mass is 9.87. The summed E-state index contributed by atoms with van der Waals surface area (Å²) in [7, 11) is 0. The van der Waals surface area contributed by atoms with Gasteiger partial charge in [0.15, 0.2) is 0 Å². The fourth-order valence-corrected chi connectivity index (χ4v) is 5.20. The maximum atomic E-state index is 10.7. The van der Waals surface area contributed by atoms with Crippen molar-refractivity contribution in [1.82, 2.24) is 5.32 Å². The van der Waals surface area contributed by atoms with Gasteiger partial charge in [-0.05, 0) is 25.2 Å². The number of carboxylic acids is 1. The van der Waals surface area contributed by atoms with Crippen LogP contribution < -0.4 is 5.32 Å². The third kappa shape index (κ3) is 4.35. The summed E-state index contributed by atoms with van der Waals surface area (Å²) < 4.78 is 0. The molecule has 1 aliphatic carbocycles. The third-order valence-corrected chi connectivity index (χ3v) is 6.55. The lowest BCUT2D eigenvalue weighted by Crippen LogP contribution is -2.54. The van der Waals surface area contributed by atoms with Crippen LogP contribution in [-0.4, -0.2) is 67.8 Å². The number of hydrogen-bond donors (Lipinski definition) is 5. The molecule has 22 heavy (non-hydrogen) atoms. The van der Waals surface area contributed by atoms with E-state index in [1.807, 2.05) is 6.92 Å². The Bertz CT molecular complexity index is 383. The zero-order valence-electron chi connectivity index (χ0n) is 12.9. The van der Waals surface area contributed by atoms with E-state index in [4.69, 9.17) is 5.11 Å². The van der Waals surface area contributed by atoms with E-state index in [0.29, 0.717) is 0 Å². The Morgan fingerprint density at radius 3 is 2.50 bits per heavy atom. The van der Waals surface area contributed by atoms with Gasteiger partial charge in [-0.25, -0.2) is 0 Å². The number of nitrogens with one attached hydrogen (secondary N) is 1. The minimum atomic E-state index is -1.10. The maximum absolute atomic E-state index is 10.7. The molecule has 0 bridgehead atoms. The summed E-state index contributed by atoms with van der Waals surface area (Å²) in [5.74, 6) is -0.640. The van der Waals surface area contributed by atoms with E-state index >= 15 is 0 Å². The fraction of sp³-hybridized carbons (Fsp3) is 0.933. The van der Waals surface area contributed by atoms with Gasteiger partial charge in [0.25, 0.3) is 0 Å². The molecule has 0 aromatic rings. The minimum absolute atomic E-state index is 0.0461. The van der Waals surface area contributed by atoms with Crippen LogP contribution in [0.4, 0.5) is 0 Å². The average molecular weight is 333 g/mol. The van der Waals surface area contributed by atoms with Crippen molar-refractivity contribution in [1.29, 1.82) is 0 Å². The highest BCUT2D eigenvalue weighted by Crippen LogP contribution is 2.41. The third-order valence-electron chi connectivity index (χ3n) is 4.86. The Balaban J connectivity index is 2.00. The molecule has 7 heteroatoms. The molecule has 0 radical (unpaired) electrons. The van der Waals surface area contributed by atoms with Crippen molar-refractivity contribution in [2.45, 2.75) is 73.9 Å². The van der Waals surface area contributed by atoms with Crippen LogP contribution in [0.3, 0.4) is 0 Å². The number of carboxylic acid groups (broad SMARTS) is 1. The van der Waals surface area contributed by atoms with Crippen LogP contribution in [0.15, 0.2) is 0 Å². The molecule has 2 unspecified atom stereocenters. The second kappa shape index (κ2) is 7.97. The summed E-state index contributed by atoms with van der Waals surface area (Å²) in [6.07, 6.45) is 1.87. The molecule has 1 saturated heterocycles. The molecule has 6 nitrogen and oxygen atoms in total. The van der Waals surface area contributed by atoms with Crippen molar-refractivity contribution in [3.05, 3.63) is 0 Å². The van der Waals surface area contributed by atoms with Crippen molar-refractivity contribution in [3.8, 4) is 0 Å². The lowest BCUT2D eigenvalue weighted by Gasteiger charge is -2.42. The first kappa shape index (κ1) is 18.0. The predicted molar refractivity (Wildman–Crippen MR) is 84.9 cm³/mol. The largest absolute Gasteiger partial charge is 0.480 e. The van der Waals surface area contributed by atoms with Crippen LogP contribution in [0, 0.1) is 5.92 Å². The smallest absolute Gasteiger partial charge is 0.317 e. The molecule has 7 atom stereocenters. The molecular weight excluding hydrogens is 306 g/mol. The molecule has 128 valence electrons. The molecule has 0 aromatic heterocycles. The number of rotatable bonds is 4. The van der Waals surface area contributed by atoms with Crippen LogP contribution >= 0.6 is 11.8 Å². The van der Waals surface area contributed by atoms with Gasteiger partial charge in [0.1, 0.15) is 6.10 Å². The fourth-order valence-electron chi connectivity index (χ4n) is 3.59. The number of thioether (sulfide) groups is 1. The van der Waals surface area contributed by atoms with Crippen molar-refractivity contribution in [2.75, 3.05) is 6.54 Å². The van der Waals surface area contributed by atoms with E-state index in [1.165, 1.54) is 0 Å². The zero-order chi connectivity index (χ0) is 16.3. The summed E-state index contributed by atoms with van der Waals surface area (Å²) in [4.78, 5) is 10.7. The Morgan fingerprint density at radius 1 is 1.14 bits per heavy atom. The summed E-state index contributed by atoms with van der Waals surface area (Å²) >= 11 is 1.54. The molecule has 1 saturated carbocycles. The normalized spacial score (nSPS) is 43.5. The van der Waals surface area contributed by atoms with E-state index < -0.39 is 24.3 Å². The molecule has 2 fully saturated rings. The zero-order valence-corrected chi connectivity index (χ0v) is 13.7. The molecule has 2 aliphatic rings. The summed E-state index contributed by atoms with van der Waals surface area (Å²) in [5, 5.41) is 41.9.